The van der Waals surface area contributed by atoms with Crippen LogP contribution in [0, 0.1) is 5.92 Å². The number of carbonyl (C=O) groups is 2. The fraction of sp³-hybridized carbons (Fsp3) is 0.833. The normalized spacial score (nSPS) is 16.3. The zero-order valence-electron chi connectivity index (χ0n) is 10.8. The van der Waals surface area contributed by atoms with Crippen molar-refractivity contribution in [3.8, 4) is 0 Å². The van der Waals surface area contributed by atoms with Gasteiger partial charge in [0.1, 0.15) is 6.54 Å². The van der Waals surface area contributed by atoms with Crippen molar-refractivity contribution in [2.45, 2.75) is 31.7 Å². The minimum absolute atomic E-state index is 0.257. The van der Waals surface area contributed by atoms with Gasteiger partial charge >= 0.3 is 5.97 Å². The predicted molar refractivity (Wildman–Crippen MR) is 66.0 cm³/mol. The molecule has 0 aromatic carbocycles. The standard InChI is InChI=1S/C12H22N2O4/c1-18-6-2-3-10(13)12(17)14(8-11(15)16)7-9-4-5-9/h9-10H,2-8,13H2,1H3,(H,15,16). The number of carboxylic acid groups (broad SMARTS) is 1. The molecule has 3 N–H and O–H groups in total. The summed E-state index contributed by atoms with van der Waals surface area (Å²) in [4.78, 5) is 24.1. The van der Waals surface area contributed by atoms with Crippen LogP contribution in [0.25, 0.3) is 0 Å². The molecule has 6 nitrogen and oxygen atoms in total. The molecule has 1 amide bonds. The number of nitrogens with two attached hydrogens (primary N) is 1. The van der Waals surface area contributed by atoms with Gasteiger partial charge in [0.2, 0.25) is 5.91 Å². The molecule has 104 valence electrons. The molecule has 0 heterocycles. The summed E-state index contributed by atoms with van der Waals surface area (Å²) in [6, 6.07) is -0.627. The smallest absolute Gasteiger partial charge is 0.323 e. The van der Waals surface area contributed by atoms with Gasteiger partial charge in [0.05, 0.1) is 6.04 Å². The second-order valence-electron chi connectivity index (χ2n) is 4.80. The summed E-state index contributed by atoms with van der Waals surface area (Å²) in [7, 11) is 1.59. The molecular weight excluding hydrogens is 236 g/mol. The Kier molecular flexibility index (Phi) is 6.07. The highest BCUT2D eigenvalue weighted by Gasteiger charge is 2.29. The lowest BCUT2D eigenvalue weighted by atomic mass is 10.1. The fourth-order valence-corrected chi connectivity index (χ4v) is 1.81. The van der Waals surface area contributed by atoms with Crippen LogP contribution in [0.4, 0.5) is 0 Å². The molecular formula is C12H22N2O4. The van der Waals surface area contributed by atoms with E-state index in [1.165, 1.54) is 4.90 Å². The molecule has 1 saturated carbocycles. The van der Waals surface area contributed by atoms with Gasteiger partial charge in [0.15, 0.2) is 0 Å². The van der Waals surface area contributed by atoms with Gasteiger partial charge in [-0.3, -0.25) is 9.59 Å². The molecule has 0 aromatic heterocycles. The minimum atomic E-state index is -0.993. The van der Waals surface area contributed by atoms with Crippen molar-refractivity contribution in [2.75, 3.05) is 26.8 Å². The van der Waals surface area contributed by atoms with Crippen LogP contribution in [-0.4, -0.2) is 54.7 Å². The van der Waals surface area contributed by atoms with Gasteiger partial charge in [-0.1, -0.05) is 0 Å². The summed E-state index contributed by atoms with van der Waals surface area (Å²) in [5, 5.41) is 8.81. The Morgan fingerprint density at radius 1 is 1.50 bits per heavy atom. The Hall–Kier alpha value is -1.14. The Morgan fingerprint density at radius 2 is 2.17 bits per heavy atom. The average molecular weight is 258 g/mol. The van der Waals surface area contributed by atoms with E-state index in [2.05, 4.69) is 0 Å². The van der Waals surface area contributed by atoms with E-state index in [0.717, 1.165) is 12.8 Å². The van der Waals surface area contributed by atoms with E-state index in [-0.39, 0.29) is 12.5 Å². The van der Waals surface area contributed by atoms with Crippen LogP contribution in [0.5, 0.6) is 0 Å². The molecule has 1 unspecified atom stereocenters. The molecule has 1 fully saturated rings. The van der Waals surface area contributed by atoms with E-state index in [1.807, 2.05) is 0 Å². The Labute approximate surface area is 107 Å². The number of amides is 1. The first kappa shape index (κ1) is 14.9. The molecule has 18 heavy (non-hydrogen) atoms. The van der Waals surface area contributed by atoms with E-state index in [0.29, 0.717) is 31.9 Å². The molecule has 0 aromatic rings. The van der Waals surface area contributed by atoms with Crippen molar-refractivity contribution in [1.82, 2.24) is 4.90 Å². The lowest BCUT2D eigenvalue weighted by Gasteiger charge is -2.24. The molecule has 1 atom stereocenters. The Balaban J connectivity index is 2.42. The molecule has 0 aliphatic heterocycles. The lowest BCUT2D eigenvalue weighted by Crippen LogP contribution is -2.46. The zero-order chi connectivity index (χ0) is 13.5. The van der Waals surface area contributed by atoms with E-state index in [9.17, 15) is 9.59 Å². The predicted octanol–water partition coefficient (Wildman–Crippen LogP) is 0.0635. The number of methoxy groups -OCH3 is 1. The second kappa shape index (κ2) is 7.33. The number of carboxylic acids is 1. The van der Waals surface area contributed by atoms with E-state index >= 15 is 0 Å². The molecule has 1 aliphatic rings. The van der Waals surface area contributed by atoms with Crippen molar-refractivity contribution in [2.24, 2.45) is 11.7 Å². The van der Waals surface area contributed by atoms with Gasteiger partial charge in [-0.05, 0) is 31.6 Å². The van der Waals surface area contributed by atoms with Gasteiger partial charge in [-0.25, -0.2) is 0 Å². The first-order chi connectivity index (χ1) is 8.54. The number of hydrogen-bond donors (Lipinski definition) is 2. The topological polar surface area (TPSA) is 92.9 Å². The average Bonchev–Trinajstić information content (AvgIpc) is 3.10. The van der Waals surface area contributed by atoms with Crippen molar-refractivity contribution in [1.29, 1.82) is 0 Å². The maximum absolute atomic E-state index is 12.0. The first-order valence-electron chi connectivity index (χ1n) is 6.29. The van der Waals surface area contributed by atoms with Gasteiger partial charge in [0, 0.05) is 20.3 Å². The van der Waals surface area contributed by atoms with Gasteiger partial charge in [0.25, 0.3) is 0 Å². The molecule has 0 spiro atoms. The highest BCUT2D eigenvalue weighted by atomic mass is 16.5. The van der Waals surface area contributed by atoms with Gasteiger partial charge < -0.3 is 20.5 Å². The van der Waals surface area contributed by atoms with Crippen LogP contribution in [0.3, 0.4) is 0 Å². The third-order valence-electron chi connectivity index (χ3n) is 2.99. The third-order valence-corrected chi connectivity index (χ3v) is 2.99. The molecule has 0 radical (unpaired) electrons. The highest BCUT2D eigenvalue weighted by molar-refractivity contribution is 5.85. The van der Waals surface area contributed by atoms with Gasteiger partial charge in [-0.2, -0.15) is 0 Å². The van der Waals surface area contributed by atoms with Crippen LogP contribution in [0.15, 0.2) is 0 Å². The van der Waals surface area contributed by atoms with Crippen LogP contribution in [0.1, 0.15) is 25.7 Å². The molecule has 0 bridgehead atoms. The van der Waals surface area contributed by atoms with E-state index in [1.54, 1.807) is 7.11 Å². The number of carbonyl (C=O) groups excluding carboxylic acids is 1. The van der Waals surface area contributed by atoms with Crippen molar-refractivity contribution in [3.05, 3.63) is 0 Å². The SMILES string of the molecule is COCCCC(N)C(=O)N(CC(=O)O)CC1CC1. The highest BCUT2D eigenvalue weighted by Crippen LogP contribution is 2.29. The maximum atomic E-state index is 12.0. The van der Waals surface area contributed by atoms with Crippen molar-refractivity contribution in [3.63, 3.8) is 0 Å². The number of hydrogen-bond acceptors (Lipinski definition) is 4. The van der Waals surface area contributed by atoms with Crippen LogP contribution >= 0.6 is 0 Å². The van der Waals surface area contributed by atoms with Gasteiger partial charge in [-0.15, -0.1) is 0 Å². The number of aliphatic carboxylic acids is 1. The monoisotopic (exact) mass is 258 g/mol. The van der Waals surface area contributed by atoms with Crippen molar-refractivity contribution >= 4 is 11.9 Å². The number of rotatable bonds is 9. The minimum Gasteiger partial charge on any atom is -0.480 e. The van der Waals surface area contributed by atoms with Crippen LogP contribution in [0.2, 0.25) is 0 Å². The largest absolute Gasteiger partial charge is 0.480 e. The lowest BCUT2D eigenvalue weighted by molar-refractivity contribution is -0.145. The number of ether oxygens (including phenoxy) is 1. The van der Waals surface area contributed by atoms with Crippen LogP contribution in [-0.2, 0) is 14.3 Å². The molecule has 1 aliphatic carbocycles. The Bertz CT molecular complexity index is 292. The van der Waals surface area contributed by atoms with Crippen molar-refractivity contribution < 1.29 is 19.4 Å². The van der Waals surface area contributed by atoms with Crippen LogP contribution < -0.4 is 5.73 Å². The number of nitrogens with zero attached hydrogens (tertiary/aromatic N) is 1. The summed E-state index contributed by atoms with van der Waals surface area (Å²) in [6.07, 6.45) is 3.37. The summed E-state index contributed by atoms with van der Waals surface area (Å²) in [5.41, 5.74) is 5.79. The zero-order valence-corrected chi connectivity index (χ0v) is 10.8. The maximum Gasteiger partial charge on any atom is 0.323 e. The molecule has 6 heteroatoms. The Morgan fingerprint density at radius 3 is 2.67 bits per heavy atom. The third kappa shape index (κ3) is 5.46. The summed E-state index contributed by atoms with van der Waals surface area (Å²) in [6.45, 7) is 0.818. The van der Waals surface area contributed by atoms with E-state index < -0.39 is 12.0 Å². The first-order valence-corrected chi connectivity index (χ1v) is 6.29. The fourth-order valence-electron chi connectivity index (χ4n) is 1.81. The summed E-state index contributed by atoms with van der Waals surface area (Å²) >= 11 is 0. The molecule has 1 rings (SSSR count). The summed E-state index contributed by atoms with van der Waals surface area (Å²) in [5.74, 6) is -0.798. The van der Waals surface area contributed by atoms with E-state index in [4.69, 9.17) is 15.6 Å². The molecule has 0 saturated heterocycles. The quantitative estimate of drug-likeness (QED) is 0.571. The second-order valence-corrected chi connectivity index (χ2v) is 4.80. The summed E-state index contributed by atoms with van der Waals surface area (Å²) < 4.78 is 4.90.